The van der Waals surface area contributed by atoms with E-state index in [0.29, 0.717) is 18.5 Å². The predicted octanol–water partition coefficient (Wildman–Crippen LogP) is 3.90. The number of nitrogens with zero attached hydrogens (tertiary/aromatic N) is 2. The van der Waals surface area contributed by atoms with E-state index in [0.717, 1.165) is 38.2 Å². The number of rotatable bonds is 7. The van der Waals surface area contributed by atoms with Crippen LogP contribution in [0.1, 0.15) is 36.4 Å². The van der Waals surface area contributed by atoms with Crippen molar-refractivity contribution in [3.05, 3.63) is 65.7 Å². The van der Waals surface area contributed by atoms with Gasteiger partial charge in [-0.25, -0.2) is 0 Å². The van der Waals surface area contributed by atoms with Crippen molar-refractivity contribution in [2.24, 2.45) is 0 Å². The summed E-state index contributed by atoms with van der Waals surface area (Å²) >= 11 is 0. The van der Waals surface area contributed by atoms with Crippen molar-refractivity contribution in [1.29, 1.82) is 5.26 Å². The summed E-state index contributed by atoms with van der Waals surface area (Å²) < 4.78 is 5.48. The highest BCUT2D eigenvalue weighted by molar-refractivity contribution is 5.33. The van der Waals surface area contributed by atoms with Crippen molar-refractivity contribution < 1.29 is 4.74 Å². The van der Waals surface area contributed by atoms with Gasteiger partial charge >= 0.3 is 0 Å². The minimum atomic E-state index is 0.299. The van der Waals surface area contributed by atoms with Crippen LogP contribution in [0.2, 0.25) is 0 Å². The topological polar surface area (TPSA) is 48.3 Å². The first-order valence-electron chi connectivity index (χ1n) is 9.34. The number of nitrogens with one attached hydrogen (secondary N) is 1. The predicted molar refractivity (Wildman–Crippen MR) is 104 cm³/mol. The van der Waals surface area contributed by atoms with Crippen molar-refractivity contribution in [1.82, 2.24) is 10.2 Å². The SMILES string of the molecule is COc1ccccc1CN[C@@H]1CCCN(CCC#N)[C@@H]1c1ccccc1. The van der Waals surface area contributed by atoms with Crippen LogP contribution in [0.3, 0.4) is 0 Å². The van der Waals surface area contributed by atoms with E-state index in [-0.39, 0.29) is 0 Å². The molecule has 4 heteroatoms. The van der Waals surface area contributed by atoms with Crippen molar-refractivity contribution in [3.63, 3.8) is 0 Å². The summed E-state index contributed by atoms with van der Waals surface area (Å²) in [6, 6.07) is 21.8. The van der Waals surface area contributed by atoms with Gasteiger partial charge in [0.1, 0.15) is 5.75 Å². The molecule has 0 amide bonds. The van der Waals surface area contributed by atoms with Crippen LogP contribution < -0.4 is 10.1 Å². The van der Waals surface area contributed by atoms with Crippen LogP contribution in [0, 0.1) is 11.3 Å². The zero-order valence-corrected chi connectivity index (χ0v) is 15.4. The summed E-state index contributed by atoms with van der Waals surface area (Å²) in [5, 5.41) is 12.8. The van der Waals surface area contributed by atoms with E-state index in [1.165, 1.54) is 11.1 Å². The number of para-hydroxylation sites is 1. The number of benzene rings is 2. The van der Waals surface area contributed by atoms with Gasteiger partial charge in [-0.15, -0.1) is 0 Å². The third-order valence-corrected chi connectivity index (χ3v) is 5.13. The Morgan fingerprint density at radius 3 is 2.69 bits per heavy atom. The lowest BCUT2D eigenvalue weighted by Crippen LogP contribution is -2.48. The number of piperidine rings is 1. The molecule has 1 heterocycles. The molecule has 1 N–H and O–H groups in total. The van der Waals surface area contributed by atoms with Gasteiger partial charge in [0.15, 0.2) is 0 Å². The smallest absolute Gasteiger partial charge is 0.123 e. The first kappa shape index (κ1) is 18.4. The normalized spacial score (nSPS) is 20.5. The number of likely N-dealkylation sites (tertiary alicyclic amines) is 1. The minimum absolute atomic E-state index is 0.299. The van der Waals surface area contributed by atoms with Gasteiger partial charge in [0.25, 0.3) is 0 Å². The third kappa shape index (κ3) is 4.43. The number of hydrogen-bond donors (Lipinski definition) is 1. The molecule has 1 fully saturated rings. The first-order valence-corrected chi connectivity index (χ1v) is 9.34. The number of methoxy groups -OCH3 is 1. The quantitative estimate of drug-likeness (QED) is 0.823. The van der Waals surface area contributed by atoms with E-state index in [2.05, 4.69) is 52.7 Å². The van der Waals surface area contributed by atoms with E-state index >= 15 is 0 Å². The van der Waals surface area contributed by atoms with Gasteiger partial charge in [-0.05, 0) is 31.0 Å². The van der Waals surface area contributed by atoms with Crippen LogP contribution in [-0.2, 0) is 6.54 Å². The molecular formula is C22H27N3O. The second-order valence-electron chi connectivity index (χ2n) is 6.74. The first-order chi connectivity index (χ1) is 12.8. The maximum absolute atomic E-state index is 9.02. The molecule has 0 unspecified atom stereocenters. The Hall–Kier alpha value is -2.35. The molecular weight excluding hydrogens is 322 g/mol. The highest BCUT2D eigenvalue weighted by Gasteiger charge is 2.32. The third-order valence-electron chi connectivity index (χ3n) is 5.13. The lowest BCUT2D eigenvalue weighted by atomic mass is 9.90. The Morgan fingerprint density at radius 1 is 1.15 bits per heavy atom. The van der Waals surface area contributed by atoms with Gasteiger partial charge in [0.05, 0.1) is 19.2 Å². The molecule has 26 heavy (non-hydrogen) atoms. The number of hydrogen-bond acceptors (Lipinski definition) is 4. The monoisotopic (exact) mass is 349 g/mol. The fourth-order valence-electron chi connectivity index (χ4n) is 3.91. The Bertz CT molecular complexity index is 726. The Labute approximate surface area is 156 Å². The average Bonchev–Trinajstić information content (AvgIpc) is 2.71. The van der Waals surface area contributed by atoms with E-state index in [1.54, 1.807) is 7.11 Å². The highest BCUT2D eigenvalue weighted by Crippen LogP contribution is 2.32. The Balaban J connectivity index is 1.77. The van der Waals surface area contributed by atoms with Crippen LogP contribution >= 0.6 is 0 Å². The van der Waals surface area contributed by atoms with Gasteiger partial charge in [-0.3, -0.25) is 4.90 Å². The van der Waals surface area contributed by atoms with E-state index in [4.69, 9.17) is 10.00 Å². The van der Waals surface area contributed by atoms with Gasteiger partial charge in [0, 0.05) is 31.1 Å². The van der Waals surface area contributed by atoms with Crippen LogP contribution in [0.4, 0.5) is 0 Å². The van der Waals surface area contributed by atoms with E-state index in [1.807, 2.05) is 18.2 Å². The van der Waals surface area contributed by atoms with Gasteiger partial charge in [-0.1, -0.05) is 48.5 Å². The summed E-state index contributed by atoms with van der Waals surface area (Å²) in [6.07, 6.45) is 2.86. The second-order valence-corrected chi connectivity index (χ2v) is 6.74. The molecule has 2 atom stereocenters. The zero-order chi connectivity index (χ0) is 18.2. The molecule has 0 bridgehead atoms. The number of nitriles is 1. The molecule has 1 saturated heterocycles. The summed E-state index contributed by atoms with van der Waals surface area (Å²) in [6.45, 7) is 2.65. The van der Waals surface area contributed by atoms with Crippen LogP contribution in [-0.4, -0.2) is 31.1 Å². The second kappa shape index (κ2) is 9.38. The van der Waals surface area contributed by atoms with Crippen molar-refractivity contribution in [2.75, 3.05) is 20.2 Å². The van der Waals surface area contributed by atoms with Crippen molar-refractivity contribution in [2.45, 2.75) is 37.9 Å². The van der Waals surface area contributed by atoms with Crippen LogP contribution in [0.5, 0.6) is 5.75 Å². The molecule has 1 aliphatic heterocycles. The molecule has 0 aliphatic carbocycles. The Morgan fingerprint density at radius 2 is 1.92 bits per heavy atom. The van der Waals surface area contributed by atoms with Gasteiger partial charge < -0.3 is 10.1 Å². The largest absolute Gasteiger partial charge is 0.496 e. The molecule has 0 spiro atoms. The van der Waals surface area contributed by atoms with Crippen molar-refractivity contribution in [3.8, 4) is 11.8 Å². The minimum Gasteiger partial charge on any atom is -0.496 e. The highest BCUT2D eigenvalue weighted by atomic mass is 16.5. The van der Waals surface area contributed by atoms with Crippen molar-refractivity contribution >= 4 is 0 Å². The maximum atomic E-state index is 9.02. The summed E-state index contributed by atoms with van der Waals surface area (Å²) in [7, 11) is 1.72. The lowest BCUT2D eigenvalue weighted by Gasteiger charge is -2.42. The standard InChI is InChI=1S/C22H27N3O/c1-26-21-13-6-5-11-19(21)17-24-20-12-7-15-25(16-8-14-23)22(20)18-9-3-2-4-10-18/h2-6,9-11,13,20,22,24H,7-8,12,15-17H2,1H3/t20-,22-/m1/s1. The fraction of sp³-hybridized carbons (Fsp3) is 0.409. The molecule has 3 rings (SSSR count). The molecule has 136 valence electrons. The zero-order valence-electron chi connectivity index (χ0n) is 15.4. The molecule has 4 nitrogen and oxygen atoms in total. The Kier molecular flexibility index (Phi) is 6.65. The molecule has 0 radical (unpaired) electrons. The van der Waals surface area contributed by atoms with Gasteiger partial charge in [-0.2, -0.15) is 5.26 Å². The summed E-state index contributed by atoms with van der Waals surface area (Å²) in [5.74, 6) is 0.924. The molecule has 2 aromatic rings. The molecule has 0 aromatic heterocycles. The van der Waals surface area contributed by atoms with E-state index in [9.17, 15) is 0 Å². The fourth-order valence-corrected chi connectivity index (χ4v) is 3.91. The molecule has 2 aromatic carbocycles. The van der Waals surface area contributed by atoms with E-state index < -0.39 is 0 Å². The average molecular weight is 349 g/mol. The summed E-state index contributed by atoms with van der Waals surface area (Å²) in [5.41, 5.74) is 2.50. The summed E-state index contributed by atoms with van der Waals surface area (Å²) in [4.78, 5) is 2.46. The molecule has 0 saturated carbocycles. The van der Waals surface area contributed by atoms with Gasteiger partial charge in [0.2, 0.25) is 0 Å². The van der Waals surface area contributed by atoms with Crippen LogP contribution in [0.25, 0.3) is 0 Å². The number of ether oxygens (including phenoxy) is 1. The maximum Gasteiger partial charge on any atom is 0.123 e. The lowest BCUT2D eigenvalue weighted by molar-refractivity contribution is 0.113. The van der Waals surface area contributed by atoms with Crippen LogP contribution in [0.15, 0.2) is 54.6 Å². The molecule has 1 aliphatic rings.